The second kappa shape index (κ2) is 5.48. The standard InChI is InChI=1S/C14H13N5O/c1-2-20-14-11(4-3-7-16-14)12-5-6-13(18-17-12)19-9-8-15-10-19/h3-10H,2H2,1H3. The van der Waals surface area contributed by atoms with Crippen molar-refractivity contribution in [3.05, 3.63) is 49.2 Å². The molecule has 0 aliphatic rings. The predicted molar refractivity (Wildman–Crippen MR) is 73.6 cm³/mol. The monoisotopic (exact) mass is 267 g/mol. The second-order valence-electron chi connectivity index (χ2n) is 4.04. The fraction of sp³-hybridized carbons (Fsp3) is 0.143. The Morgan fingerprint density at radius 3 is 2.80 bits per heavy atom. The van der Waals surface area contributed by atoms with Crippen LogP contribution in [0.3, 0.4) is 0 Å². The summed E-state index contributed by atoms with van der Waals surface area (Å²) < 4.78 is 7.29. The van der Waals surface area contributed by atoms with Crippen molar-refractivity contribution in [2.75, 3.05) is 6.61 Å². The van der Waals surface area contributed by atoms with Crippen LogP contribution >= 0.6 is 0 Å². The Kier molecular flexibility index (Phi) is 3.36. The van der Waals surface area contributed by atoms with Gasteiger partial charge in [0.2, 0.25) is 5.88 Å². The van der Waals surface area contributed by atoms with Gasteiger partial charge < -0.3 is 4.74 Å². The van der Waals surface area contributed by atoms with Crippen molar-refractivity contribution in [2.24, 2.45) is 0 Å². The number of pyridine rings is 1. The Morgan fingerprint density at radius 1 is 1.15 bits per heavy atom. The van der Waals surface area contributed by atoms with Gasteiger partial charge in [0.05, 0.1) is 17.9 Å². The molecule has 3 rings (SSSR count). The fourth-order valence-electron chi connectivity index (χ4n) is 1.84. The van der Waals surface area contributed by atoms with Crippen molar-refractivity contribution in [2.45, 2.75) is 6.92 Å². The van der Waals surface area contributed by atoms with Crippen LogP contribution in [0.5, 0.6) is 5.88 Å². The third kappa shape index (κ3) is 2.35. The topological polar surface area (TPSA) is 65.7 Å². The molecule has 0 unspecified atom stereocenters. The smallest absolute Gasteiger partial charge is 0.222 e. The minimum atomic E-state index is 0.560. The van der Waals surface area contributed by atoms with E-state index in [1.54, 1.807) is 23.3 Å². The molecule has 0 bridgehead atoms. The van der Waals surface area contributed by atoms with Gasteiger partial charge in [-0.3, -0.25) is 4.57 Å². The highest BCUT2D eigenvalue weighted by molar-refractivity contribution is 5.64. The summed E-state index contributed by atoms with van der Waals surface area (Å²) in [6, 6.07) is 7.54. The molecule has 20 heavy (non-hydrogen) atoms. The van der Waals surface area contributed by atoms with E-state index in [1.165, 1.54) is 0 Å². The molecule has 100 valence electrons. The van der Waals surface area contributed by atoms with Crippen molar-refractivity contribution >= 4 is 0 Å². The molecular weight excluding hydrogens is 254 g/mol. The van der Waals surface area contributed by atoms with E-state index in [0.29, 0.717) is 18.3 Å². The first kappa shape index (κ1) is 12.3. The van der Waals surface area contributed by atoms with Gasteiger partial charge in [-0.2, -0.15) is 0 Å². The first-order valence-corrected chi connectivity index (χ1v) is 6.28. The number of aromatic nitrogens is 5. The Morgan fingerprint density at radius 2 is 2.10 bits per heavy atom. The Bertz CT molecular complexity index is 679. The van der Waals surface area contributed by atoms with Crippen molar-refractivity contribution in [1.29, 1.82) is 0 Å². The van der Waals surface area contributed by atoms with E-state index in [2.05, 4.69) is 20.2 Å². The Labute approximate surface area is 116 Å². The molecule has 0 saturated heterocycles. The van der Waals surface area contributed by atoms with Gasteiger partial charge in [-0.15, -0.1) is 10.2 Å². The summed E-state index contributed by atoms with van der Waals surface area (Å²) >= 11 is 0. The third-order valence-corrected chi connectivity index (χ3v) is 2.75. The van der Waals surface area contributed by atoms with E-state index < -0.39 is 0 Å². The fourth-order valence-corrected chi connectivity index (χ4v) is 1.84. The molecule has 0 amide bonds. The Hall–Kier alpha value is -2.76. The zero-order chi connectivity index (χ0) is 13.8. The molecule has 0 radical (unpaired) electrons. The van der Waals surface area contributed by atoms with Crippen LogP contribution in [-0.4, -0.2) is 31.3 Å². The maximum absolute atomic E-state index is 5.50. The lowest BCUT2D eigenvalue weighted by Gasteiger charge is -2.08. The maximum Gasteiger partial charge on any atom is 0.222 e. The van der Waals surface area contributed by atoms with Crippen LogP contribution in [0, 0.1) is 0 Å². The lowest BCUT2D eigenvalue weighted by Crippen LogP contribution is -2.00. The molecule has 6 nitrogen and oxygen atoms in total. The van der Waals surface area contributed by atoms with Gasteiger partial charge in [-0.25, -0.2) is 9.97 Å². The summed E-state index contributed by atoms with van der Waals surface area (Å²) in [7, 11) is 0. The van der Waals surface area contributed by atoms with E-state index in [4.69, 9.17) is 4.74 Å². The largest absolute Gasteiger partial charge is 0.477 e. The van der Waals surface area contributed by atoms with E-state index in [0.717, 1.165) is 11.3 Å². The zero-order valence-electron chi connectivity index (χ0n) is 11.0. The van der Waals surface area contributed by atoms with Gasteiger partial charge in [-0.05, 0) is 31.2 Å². The highest BCUT2D eigenvalue weighted by atomic mass is 16.5. The molecule has 0 aliphatic heterocycles. The third-order valence-electron chi connectivity index (χ3n) is 2.75. The lowest BCUT2D eigenvalue weighted by atomic mass is 10.2. The summed E-state index contributed by atoms with van der Waals surface area (Å²) in [6.45, 7) is 2.48. The highest BCUT2D eigenvalue weighted by Crippen LogP contribution is 2.25. The molecule has 3 heterocycles. The molecule has 0 aromatic carbocycles. The number of hydrogen-bond acceptors (Lipinski definition) is 5. The number of ether oxygens (including phenoxy) is 1. The lowest BCUT2D eigenvalue weighted by molar-refractivity contribution is 0.328. The summed E-state index contributed by atoms with van der Waals surface area (Å²) in [6.07, 6.45) is 6.89. The maximum atomic E-state index is 5.50. The molecular formula is C14H13N5O. The van der Waals surface area contributed by atoms with Crippen LogP contribution in [0.2, 0.25) is 0 Å². The van der Waals surface area contributed by atoms with Crippen molar-refractivity contribution in [1.82, 2.24) is 24.7 Å². The Balaban J connectivity index is 1.95. The molecule has 0 spiro atoms. The van der Waals surface area contributed by atoms with Crippen molar-refractivity contribution in [3.63, 3.8) is 0 Å². The minimum absolute atomic E-state index is 0.560. The average molecular weight is 267 g/mol. The van der Waals surface area contributed by atoms with Gasteiger partial charge in [0, 0.05) is 18.6 Å². The second-order valence-corrected chi connectivity index (χ2v) is 4.04. The summed E-state index contributed by atoms with van der Waals surface area (Å²) in [5, 5.41) is 8.42. The molecule has 0 fully saturated rings. The van der Waals surface area contributed by atoms with Crippen LogP contribution in [0.4, 0.5) is 0 Å². The number of hydrogen-bond donors (Lipinski definition) is 0. The average Bonchev–Trinajstić information content (AvgIpc) is 3.03. The van der Waals surface area contributed by atoms with Crippen LogP contribution < -0.4 is 4.74 Å². The predicted octanol–water partition coefficient (Wildman–Crippen LogP) is 2.12. The summed E-state index contributed by atoms with van der Waals surface area (Å²) in [5.74, 6) is 1.28. The van der Waals surface area contributed by atoms with Crippen LogP contribution in [0.1, 0.15) is 6.92 Å². The summed E-state index contributed by atoms with van der Waals surface area (Å²) in [5.41, 5.74) is 1.56. The molecule has 0 aliphatic carbocycles. The van der Waals surface area contributed by atoms with Gasteiger partial charge in [-0.1, -0.05) is 0 Å². The quantitative estimate of drug-likeness (QED) is 0.724. The first-order chi connectivity index (χ1) is 9.88. The van der Waals surface area contributed by atoms with E-state index in [1.807, 2.05) is 37.4 Å². The van der Waals surface area contributed by atoms with E-state index in [-0.39, 0.29) is 0 Å². The molecule has 0 N–H and O–H groups in total. The molecule has 0 saturated carbocycles. The van der Waals surface area contributed by atoms with Crippen LogP contribution in [0.15, 0.2) is 49.2 Å². The van der Waals surface area contributed by atoms with Crippen molar-refractivity contribution < 1.29 is 4.74 Å². The van der Waals surface area contributed by atoms with Crippen LogP contribution in [-0.2, 0) is 0 Å². The van der Waals surface area contributed by atoms with E-state index >= 15 is 0 Å². The van der Waals surface area contributed by atoms with Gasteiger partial charge in [0.25, 0.3) is 0 Å². The van der Waals surface area contributed by atoms with Crippen LogP contribution in [0.25, 0.3) is 17.1 Å². The number of imidazole rings is 1. The molecule has 3 aromatic rings. The van der Waals surface area contributed by atoms with Gasteiger partial charge in [0.1, 0.15) is 6.33 Å². The van der Waals surface area contributed by atoms with Crippen molar-refractivity contribution in [3.8, 4) is 23.0 Å². The SMILES string of the molecule is CCOc1ncccc1-c1ccc(-n2ccnc2)nn1. The molecule has 0 atom stereocenters. The zero-order valence-corrected chi connectivity index (χ0v) is 11.0. The highest BCUT2D eigenvalue weighted by Gasteiger charge is 2.09. The molecule has 6 heteroatoms. The normalized spacial score (nSPS) is 10.4. The summed E-state index contributed by atoms with van der Waals surface area (Å²) in [4.78, 5) is 8.19. The number of nitrogens with zero attached hydrogens (tertiary/aromatic N) is 5. The van der Waals surface area contributed by atoms with E-state index in [9.17, 15) is 0 Å². The number of rotatable bonds is 4. The first-order valence-electron chi connectivity index (χ1n) is 6.28. The molecule has 3 aromatic heterocycles. The minimum Gasteiger partial charge on any atom is -0.477 e. The van der Waals surface area contributed by atoms with Gasteiger partial charge >= 0.3 is 0 Å². The van der Waals surface area contributed by atoms with Gasteiger partial charge in [0.15, 0.2) is 5.82 Å².